The molecule has 0 atom stereocenters. The van der Waals surface area contributed by atoms with Gasteiger partial charge in [0.2, 0.25) is 0 Å². The standard InChI is InChI=1S/C32H18O4/c33-31-29-27(21-15-7-9-17-23(21)35-31)25(19-11-3-1-4-12-19)26(20-13-5-2-6-14-20)28-22-16-8-10-18-24(22)36-32(34)30(28)29/h1-18H. The largest absolute Gasteiger partial charge is 0.422 e. The first-order valence-corrected chi connectivity index (χ1v) is 11.7. The Kier molecular flexibility index (Phi) is 4.42. The van der Waals surface area contributed by atoms with Crippen LogP contribution < -0.4 is 11.3 Å². The lowest BCUT2D eigenvalue weighted by molar-refractivity contribution is 0.564. The van der Waals surface area contributed by atoms with Crippen molar-refractivity contribution in [2.45, 2.75) is 0 Å². The molecule has 0 amide bonds. The number of hydrogen-bond donors (Lipinski definition) is 0. The Hall–Kier alpha value is -4.96. The number of rotatable bonds is 2. The Labute approximate surface area is 204 Å². The van der Waals surface area contributed by atoms with Crippen LogP contribution in [-0.4, -0.2) is 0 Å². The van der Waals surface area contributed by atoms with Crippen molar-refractivity contribution in [3.63, 3.8) is 0 Å². The predicted octanol–water partition coefficient (Wildman–Crippen LogP) is 7.54. The van der Waals surface area contributed by atoms with Crippen molar-refractivity contribution in [1.29, 1.82) is 0 Å². The van der Waals surface area contributed by atoms with Gasteiger partial charge < -0.3 is 8.83 Å². The van der Waals surface area contributed by atoms with Crippen molar-refractivity contribution >= 4 is 43.5 Å². The van der Waals surface area contributed by atoms with E-state index in [1.807, 2.05) is 97.1 Å². The number of hydrogen-bond acceptors (Lipinski definition) is 4. The summed E-state index contributed by atoms with van der Waals surface area (Å²) in [5, 5.41) is 3.36. The van der Waals surface area contributed by atoms with Crippen LogP contribution >= 0.6 is 0 Å². The fourth-order valence-corrected chi connectivity index (χ4v) is 5.31. The molecular weight excluding hydrogens is 448 g/mol. The van der Waals surface area contributed by atoms with E-state index in [0.717, 1.165) is 33.0 Å². The first kappa shape index (κ1) is 20.4. The minimum atomic E-state index is -0.562. The second-order valence-electron chi connectivity index (χ2n) is 8.75. The molecule has 0 aliphatic carbocycles. The Morgan fingerprint density at radius 3 is 1.17 bits per heavy atom. The van der Waals surface area contributed by atoms with Gasteiger partial charge in [0.05, 0.1) is 10.8 Å². The molecule has 5 aromatic carbocycles. The molecule has 0 spiro atoms. The van der Waals surface area contributed by atoms with E-state index < -0.39 is 11.3 Å². The predicted molar refractivity (Wildman–Crippen MR) is 144 cm³/mol. The van der Waals surface area contributed by atoms with Gasteiger partial charge in [-0.1, -0.05) is 97.1 Å². The zero-order valence-electron chi connectivity index (χ0n) is 19.0. The molecule has 2 heterocycles. The Balaban J connectivity index is 1.94. The van der Waals surface area contributed by atoms with Crippen LogP contribution in [0.3, 0.4) is 0 Å². The fourth-order valence-electron chi connectivity index (χ4n) is 5.31. The van der Waals surface area contributed by atoms with E-state index in [1.165, 1.54) is 0 Å². The topological polar surface area (TPSA) is 60.4 Å². The van der Waals surface area contributed by atoms with E-state index in [4.69, 9.17) is 8.83 Å². The monoisotopic (exact) mass is 466 g/mol. The molecule has 0 N–H and O–H groups in total. The molecule has 0 saturated heterocycles. The molecule has 36 heavy (non-hydrogen) atoms. The van der Waals surface area contributed by atoms with Crippen molar-refractivity contribution in [2.24, 2.45) is 0 Å². The van der Waals surface area contributed by atoms with Gasteiger partial charge in [-0.05, 0) is 34.4 Å². The summed E-state index contributed by atoms with van der Waals surface area (Å²) in [6.07, 6.45) is 0. The minimum absolute atomic E-state index is 0.238. The van der Waals surface area contributed by atoms with Gasteiger partial charge in [0.1, 0.15) is 11.2 Å². The minimum Gasteiger partial charge on any atom is -0.422 e. The highest BCUT2D eigenvalue weighted by Crippen LogP contribution is 2.46. The van der Waals surface area contributed by atoms with E-state index in [2.05, 4.69) is 0 Å². The molecule has 0 radical (unpaired) electrons. The van der Waals surface area contributed by atoms with Crippen molar-refractivity contribution in [1.82, 2.24) is 0 Å². The zero-order chi connectivity index (χ0) is 24.2. The molecule has 0 aliphatic rings. The van der Waals surface area contributed by atoms with Gasteiger partial charge in [0, 0.05) is 21.5 Å². The lowest BCUT2D eigenvalue weighted by Gasteiger charge is -2.19. The van der Waals surface area contributed by atoms with Gasteiger partial charge in [0.15, 0.2) is 0 Å². The second-order valence-corrected chi connectivity index (χ2v) is 8.75. The highest BCUT2D eigenvalue weighted by molar-refractivity contribution is 6.30. The number of fused-ring (bicyclic) bond motifs is 7. The van der Waals surface area contributed by atoms with E-state index >= 15 is 0 Å². The first-order valence-electron chi connectivity index (χ1n) is 11.7. The molecule has 0 aliphatic heterocycles. The molecule has 2 aromatic heterocycles. The third kappa shape index (κ3) is 2.88. The van der Waals surface area contributed by atoms with Gasteiger partial charge >= 0.3 is 11.3 Å². The average Bonchev–Trinajstić information content (AvgIpc) is 2.93. The summed E-state index contributed by atoms with van der Waals surface area (Å²) in [5.41, 5.74) is 3.45. The van der Waals surface area contributed by atoms with E-state index in [-0.39, 0.29) is 10.8 Å². The summed E-state index contributed by atoms with van der Waals surface area (Å²) in [7, 11) is 0. The van der Waals surface area contributed by atoms with Crippen LogP contribution in [-0.2, 0) is 0 Å². The van der Waals surface area contributed by atoms with Crippen LogP contribution in [0.1, 0.15) is 0 Å². The molecular formula is C32H18O4. The van der Waals surface area contributed by atoms with Crippen LogP contribution in [0.2, 0.25) is 0 Å². The third-order valence-electron chi connectivity index (χ3n) is 6.75. The zero-order valence-corrected chi connectivity index (χ0v) is 19.0. The maximum absolute atomic E-state index is 13.6. The normalized spacial score (nSPS) is 11.6. The van der Waals surface area contributed by atoms with Gasteiger partial charge in [-0.25, -0.2) is 9.59 Å². The molecule has 4 nitrogen and oxygen atoms in total. The average molecular weight is 466 g/mol. The molecule has 4 heteroatoms. The Bertz CT molecular complexity index is 1920. The highest BCUT2D eigenvalue weighted by Gasteiger charge is 2.25. The first-order chi connectivity index (χ1) is 17.7. The highest BCUT2D eigenvalue weighted by atomic mass is 16.4. The molecule has 0 bridgehead atoms. The Morgan fingerprint density at radius 1 is 0.389 bits per heavy atom. The summed E-state index contributed by atoms with van der Waals surface area (Å²) < 4.78 is 11.5. The molecule has 0 fully saturated rings. The third-order valence-corrected chi connectivity index (χ3v) is 6.75. The maximum atomic E-state index is 13.6. The summed E-state index contributed by atoms with van der Waals surface area (Å²) >= 11 is 0. The van der Waals surface area contributed by atoms with Gasteiger partial charge in [0.25, 0.3) is 0 Å². The van der Waals surface area contributed by atoms with Crippen LogP contribution in [0.15, 0.2) is 128 Å². The molecule has 170 valence electrons. The van der Waals surface area contributed by atoms with Crippen molar-refractivity contribution in [2.75, 3.05) is 0 Å². The second kappa shape index (κ2) is 7.79. The SMILES string of the molecule is O=c1oc2ccccc2c2c(-c3ccccc3)c(-c3ccccc3)c3c4ccccc4oc(=O)c3c12. The van der Waals surface area contributed by atoms with Gasteiger partial charge in [-0.15, -0.1) is 0 Å². The lowest BCUT2D eigenvalue weighted by atomic mass is 9.84. The fraction of sp³-hybridized carbons (Fsp3) is 0. The molecule has 7 rings (SSSR count). The number of benzene rings is 5. The molecule has 7 aromatic rings. The van der Waals surface area contributed by atoms with E-state index in [9.17, 15) is 9.59 Å². The summed E-state index contributed by atoms with van der Waals surface area (Å²) in [5.74, 6) is 0. The summed E-state index contributed by atoms with van der Waals surface area (Å²) in [4.78, 5) is 27.2. The van der Waals surface area contributed by atoms with Crippen LogP contribution in [0.4, 0.5) is 0 Å². The quantitative estimate of drug-likeness (QED) is 0.195. The Morgan fingerprint density at radius 2 is 0.750 bits per heavy atom. The summed E-state index contributed by atoms with van der Waals surface area (Å²) in [6, 6.07) is 34.9. The van der Waals surface area contributed by atoms with Crippen molar-refractivity contribution < 1.29 is 8.83 Å². The van der Waals surface area contributed by atoms with Crippen LogP contribution in [0, 0.1) is 0 Å². The van der Waals surface area contributed by atoms with E-state index in [1.54, 1.807) is 12.1 Å². The number of para-hydroxylation sites is 2. The van der Waals surface area contributed by atoms with Crippen LogP contribution in [0.25, 0.3) is 65.7 Å². The van der Waals surface area contributed by atoms with E-state index in [0.29, 0.717) is 21.9 Å². The smallest absolute Gasteiger partial charge is 0.345 e. The van der Waals surface area contributed by atoms with Crippen LogP contribution in [0.5, 0.6) is 0 Å². The van der Waals surface area contributed by atoms with Crippen molar-refractivity contribution in [3.05, 3.63) is 130 Å². The molecule has 0 saturated carbocycles. The maximum Gasteiger partial charge on any atom is 0.345 e. The van der Waals surface area contributed by atoms with Gasteiger partial charge in [-0.3, -0.25) is 0 Å². The lowest BCUT2D eigenvalue weighted by Crippen LogP contribution is -2.10. The van der Waals surface area contributed by atoms with Gasteiger partial charge in [-0.2, -0.15) is 0 Å². The molecule has 0 unspecified atom stereocenters. The van der Waals surface area contributed by atoms with Crippen molar-refractivity contribution in [3.8, 4) is 22.3 Å². The summed E-state index contributed by atoms with van der Waals surface area (Å²) in [6.45, 7) is 0.